The quantitative estimate of drug-likeness (QED) is 0.680. The molecule has 1 rings (SSSR count). The maximum absolute atomic E-state index is 12.7. The molecule has 0 saturated carbocycles. The number of hydrogen-bond acceptors (Lipinski definition) is 1. The molecule has 0 saturated heterocycles. The van der Waals surface area contributed by atoms with Crippen LogP contribution in [0.2, 0.25) is 0 Å². The van der Waals surface area contributed by atoms with Crippen LogP contribution in [0.4, 0.5) is 4.39 Å². The molecule has 0 heterocycles. The van der Waals surface area contributed by atoms with E-state index in [1.54, 1.807) is 0 Å². The van der Waals surface area contributed by atoms with E-state index in [4.69, 9.17) is 4.43 Å². The molecule has 1 aromatic carbocycles. The van der Waals surface area contributed by atoms with E-state index in [-0.39, 0.29) is 11.4 Å². The largest absolute Gasteiger partial charge is 0.422 e. The first kappa shape index (κ1) is 14.4. The molecule has 1 aromatic rings. The SMILES string of the molecule is CCC(CC)(CCCc1ccc(F)cc1)O[SiH3]. The Morgan fingerprint density at radius 3 is 2.24 bits per heavy atom. The highest BCUT2D eigenvalue weighted by atomic mass is 28.2. The van der Waals surface area contributed by atoms with E-state index in [0.717, 1.165) is 42.6 Å². The number of benzene rings is 1. The molecule has 0 atom stereocenters. The maximum Gasteiger partial charge on any atom is 0.146 e. The van der Waals surface area contributed by atoms with Crippen molar-refractivity contribution in [1.29, 1.82) is 0 Å². The van der Waals surface area contributed by atoms with Crippen molar-refractivity contribution in [1.82, 2.24) is 0 Å². The Bertz CT molecular complexity index is 311. The van der Waals surface area contributed by atoms with Gasteiger partial charge in [-0.15, -0.1) is 0 Å². The minimum atomic E-state index is -0.159. The van der Waals surface area contributed by atoms with Crippen molar-refractivity contribution in [3.05, 3.63) is 35.6 Å². The third-order valence-corrected chi connectivity index (χ3v) is 4.60. The zero-order chi connectivity index (χ0) is 12.7. The summed E-state index contributed by atoms with van der Waals surface area (Å²) in [5.74, 6) is -0.159. The lowest BCUT2D eigenvalue weighted by molar-refractivity contribution is 0.0592. The Kier molecular flexibility index (Phi) is 5.85. The molecule has 0 aliphatic carbocycles. The Balaban J connectivity index is 2.43. The van der Waals surface area contributed by atoms with Crippen LogP contribution in [0.5, 0.6) is 0 Å². The summed E-state index contributed by atoms with van der Waals surface area (Å²) in [6, 6.07) is 6.81. The lowest BCUT2D eigenvalue weighted by atomic mass is 9.90. The molecule has 0 aliphatic rings. The van der Waals surface area contributed by atoms with Crippen LogP contribution in [-0.4, -0.2) is 16.1 Å². The van der Waals surface area contributed by atoms with Gasteiger partial charge in [0.2, 0.25) is 0 Å². The monoisotopic (exact) mass is 254 g/mol. The van der Waals surface area contributed by atoms with E-state index in [1.807, 2.05) is 12.1 Å². The fraction of sp³-hybridized carbons (Fsp3) is 0.571. The molecule has 96 valence electrons. The molecule has 0 unspecified atom stereocenters. The van der Waals surface area contributed by atoms with Crippen LogP contribution >= 0.6 is 0 Å². The van der Waals surface area contributed by atoms with Crippen LogP contribution in [0.1, 0.15) is 45.1 Å². The van der Waals surface area contributed by atoms with Gasteiger partial charge in [0, 0.05) is 0 Å². The Hall–Kier alpha value is -0.673. The zero-order valence-electron chi connectivity index (χ0n) is 11.1. The minimum Gasteiger partial charge on any atom is -0.422 e. The van der Waals surface area contributed by atoms with Crippen LogP contribution in [-0.2, 0) is 10.8 Å². The summed E-state index contributed by atoms with van der Waals surface area (Å²) in [6.45, 7) is 4.39. The summed E-state index contributed by atoms with van der Waals surface area (Å²) in [7, 11) is 0.802. The van der Waals surface area contributed by atoms with E-state index >= 15 is 0 Å². The highest BCUT2D eigenvalue weighted by Gasteiger charge is 2.23. The van der Waals surface area contributed by atoms with Crippen molar-refractivity contribution < 1.29 is 8.82 Å². The minimum absolute atomic E-state index is 0.0895. The third-order valence-electron chi connectivity index (χ3n) is 3.73. The molecule has 3 heteroatoms. The Morgan fingerprint density at radius 2 is 1.76 bits per heavy atom. The van der Waals surface area contributed by atoms with Crippen LogP contribution in [0, 0.1) is 5.82 Å². The van der Waals surface area contributed by atoms with E-state index in [2.05, 4.69) is 13.8 Å². The fourth-order valence-corrected chi connectivity index (χ4v) is 3.04. The highest BCUT2D eigenvalue weighted by molar-refractivity contribution is 5.98. The smallest absolute Gasteiger partial charge is 0.146 e. The molecule has 0 aliphatic heterocycles. The Labute approximate surface area is 107 Å². The molecular weight excluding hydrogens is 231 g/mol. The zero-order valence-corrected chi connectivity index (χ0v) is 13.1. The average molecular weight is 254 g/mol. The van der Waals surface area contributed by atoms with E-state index in [1.165, 1.54) is 17.7 Å². The maximum atomic E-state index is 12.7. The van der Waals surface area contributed by atoms with Gasteiger partial charge < -0.3 is 4.43 Å². The second-order valence-electron chi connectivity index (χ2n) is 4.57. The summed E-state index contributed by atoms with van der Waals surface area (Å²) >= 11 is 0. The van der Waals surface area contributed by atoms with Gasteiger partial charge in [0.15, 0.2) is 0 Å². The molecule has 0 fully saturated rings. The molecule has 0 aromatic heterocycles. The van der Waals surface area contributed by atoms with Crippen LogP contribution < -0.4 is 0 Å². The predicted octanol–water partition coefficient (Wildman–Crippen LogP) is 3.00. The van der Waals surface area contributed by atoms with E-state index in [0.29, 0.717) is 0 Å². The number of aryl methyl sites for hydroxylation is 1. The van der Waals surface area contributed by atoms with Gasteiger partial charge in [0.05, 0.1) is 5.60 Å². The summed E-state index contributed by atoms with van der Waals surface area (Å²) < 4.78 is 18.5. The first-order valence-electron chi connectivity index (χ1n) is 6.45. The number of rotatable bonds is 7. The number of halogens is 1. The molecular formula is C14H23FOSi. The van der Waals surface area contributed by atoms with Crippen molar-refractivity contribution >= 4 is 10.5 Å². The van der Waals surface area contributed by atoms with Gasteiger partial charge in [-0.1, -0.05) is 26.0 Å². The van der Waals surface area contributed by atoms with Crippen LogP contribution in [0.3, 0.4) is 0 Å². The van der Waals surface area contributed by atoms with Crippen molar-refractivity contribution in [3.8, 4) is 0 Å². The van der Waals surface area contributed by atoms with Gasteiger partial charge in [0.1, 0.15) is 16.3 Å². The van der Waals surface area contributed by atoms with E-state index in [9.17, 15) is 4.39 Å². The van der Waals surface area contributed by atoms with Crippen molar-refractivity contribution in [2.45, 2.75) is 51.6 Å². The van der Waals surface area contributed by atoms with Gasteiger partial charge in [-0.3, -0.25) is 0 Å². The first-order chi connectivity index (χ1) is 8.15. The topological polar surface area (TPSA) is 9.23 Å². The summed E-state index contributed by atoms with van der Waals surface area (Å²) in [5, 5.41) is 0. The first-order valence-corrected chi connectivity index (χ1v) is 7.27. The van der Waals surface area contributed by atoms with Crippen LogP contribution in [0.15, 0.2) is 24.3 Å². The van der Waals surface area contributed by atoms with Crippen molar-refractivity contribution in [2.24, 2.45) is 0 Å². The standard InChI is InChI=1S/C14H23FOSi/c1-3-14(4-2,16-17)11-5-6-12-7-9-13(15)10-8-12/h7-10H,3-6,11H2,1-2,17H3. The summed E-state index contributed by atoms with van der Waals surface area (Å²) in [4.78, 5) is 0. The highest BCUT2D eigenvalue weighted by Crippen LogP contribution is 2.26. The molecule has 0 amide bonds. The molecule has 0 radical (unpaired) electrons. The molecule has 0 spiro atoms. The fourth-order valence-electron chi connectivity index (χ4n) is 2.26. The average Bonchev–Trinajstić information content (AvgIpc) is 2.38. The van der Waals surface area contributed by atoms with Gasteiger partial charge >= 0.3 is 0 Å². The van der Waals surface area contributed by atoms with Gasteiger partial charge in [0.25, 0.3) is 0 Å². The lowest BCUT2D eigenvalue weighted by Crippen LogP contribution is -2.30. The molecule has 1 nitrogen and oxygen atoms in total. The van der Waals surface area contributed by atoms with Gasteiger partial charge in [-0.2, -0.15) is 0 Å². The van der Waals surface area contributed by atoms with Gasteiger partial charge in [-0.25, -0.2) is 4.39 Å². The summed E-state index contributed by atoms with van der Waals surface area (Å²) in [5.41, 5.74) is 1.30. The molecule has 0 bridgehead atoms. The molecule has 0 N–H and O–H groups in total. The second-order valence-corrected chi connectivity index (χ2v) is 4.98. The number of hydrogen-bond donors (Lipinski definition) is 0. The van der Waals surface area contributed by atoms with Crippen molar-refractivity contribution in [3.63, 3.8) is 0 Å². The summed E-state index contributed by atoms with van der Waals surface area (Å²) in [6.07, 6.45) is 5.37. The molecule has 17 heavy (non-hydrogen) atoms. The predicted molar refractivity (Wildman–Crippen MR) is 73.7 cm³/mol. The second kappa shape index (κ2) is 6.92. The Morgan fingerprint density at radius 1 is 1.18 bits per heavy atom. The van der Waals surface area contributed by atoms with Crippen LogP contribution in [0.25, 0.3) is 0 Å². The van der Waals surface area contributed by atoms with Gasteiger partial charge in [-0.05, 0) is 49.8 Å². The van der Waals surface area contributed by atoms with E-state index < -0.39 is 0 Å². The lowest BCUT2D eigenvalue weighted by Gasteiger charge is -2.31. The normalized spacial score (nSPS) is 11.9. The third kappa shape index (κ3) is 4.24. The van der Waals surface area contributed by atoms with Crippen molar-refractivity contribution in [2.75, 3.05) is 0 Å².